The first-order chi connectivity index (χ1) is 9.67. The van der Waals surface area contributed by atoms with Crippen molar-refractivity contribution in [2.24, 2.45) is 0 Å². The maximum Gasteiger partial charge on any atom is 0.341 e. The molecule has 0 radical (unpaired) electrons. The molecule has 0 spiro atoms. The van der Waals surface area contributed by atoms with Gasteiger partial charge in [0.1, 0.15) is 5.52 Å². The molecule has 102 valence electrons. The minimum absolute atomic E-state index is 0.265. The van der Waals surface area contributed by atoms with Crippen molar-refractivity contribution in [3.63, 3.8) is 0 Å². The van der Waals surface area contributed by atoms with E-state index in [1.54, 1.807) is 25.1 Å². The Hall–Kier alpha value is -2.83. The summed E-state index contributed by atoms with van der Waals surface area (Å²) in [5.41, 5.74) is 7.84. The highest BCUT2D eigenvalue weighted by molar-refractivity contribution is 5.88. The number of nitrogens with zero attached hydrogens (tertiary/aromatic N) is 3. The number of rotatable bonds is 3. The van der Waals surface area contributed by atoms with Crippen LogP contribution in [0.1, 0.15) is 17.3 Å². The number of hydrogen-bond donors (Lipinski definition) is 1. The zero-order valence-corrected chi connectivity index (χ0v) is 10.7. The molecule has 0 unspecified atom stereocenters. The number of benzene rings is 1. The van der Waals surface area contributed by atoms with Gasteiger partial charge in [-0.1, -0.05) is 0 Å². The van der Waals surface area contributed by atoms with Gasteiger partial charge >= 0.3 is 12.0 Å². The van der Waals surface area contributed by atoms with Crippen molar-refractivity contribution in [2.75, 3.05) is 12.3 Å². The van der Waals surface area contributed by atoms with Gasteiger partial charge in [-0.15, -0.1) is 0 Å². The summed E-state index contributed by atoms with van der Waals surface area (Å²) >= 11 is 0. The van der Waals surface area contributed by atoms with Crippen LogP contribution in [0.2, 0.25) is 0 Å². The van der Waals surface area contributed by atoms with Gasteiger partial charge < -0.3 is 14.9 Å². The van der Waals surface area contributed by atoms with Gasteiger partial charge in [-0.25, -0.2) is 4.79 Å². The second-order valence-corrected chi connectivity index (χ2v) is 4.12. The lowest BCUT2D eigenvalue weighted by molar-refractivity contribution is 0.0526. The average Bonchev–Trinajstić information content (AvgIpc) is 3.04. The molecule has 0 aliphatic heterocycles. The maximum atomic E-state index is 11.6. The molecule has 0 bridgehead atoms. The molecule has 0 saturated carbocycles. The normalized spacial score (nSPS) is 10.8. The van der Waals surface area contributed by atoms with Crippen LogP contribution in [0.15, 0.2) is 35.0 Å². The largest absolute Gasteiger partial charge is 0.462 e. The molecule has 1 aromatic carbocycles. The predicted octanol–water partition coefficient (Wildman–Crippen LogP) is 1.77. The zero-order chi connectivity index (χ0) is 14.1. The molecule has 7 heteroatoms. The van der Waals surface area contributed by atoms with E-state index in [1.165, 1.54) is 17.1 Å². The van der Waals surface area contributed by atoms with E-state index < -0.39 is 5.97 Å². The van der Waals surface area contributed by atoms with Gasteiger partial charge in [0.15, 0.2) is 5.58 Å². The minimum atomic E-state index is -0.431. The maximum absolute atomic E-state index is 11.6. The van der Waals surface area contributed by atoms with E-state index in [4.69, 9.17) is 14.9 Å². The van der Waals surface area contributed by atoms with Gasteiger partial charge in [-0.05, 0) is 19.1 Å². The molecule has 2 N–H and O–H groups in total. The Morgan fingerprint density at radius 2 is 2.35 bits per heavy atom. The van der Waals surface area contributed by atoms with Crippen molar-refractivity contribution in [3.05, 3.63) is 36.2 Å². The Kier molecular flexibility index (Phi) is 2.86. The first kappa shape index (κ1) is 12.2. The second kappa shape index (κ2) is 4.69. The number of nitrogen functional groups attached to an aromatic ring is 1. The number of carbonyl (C=O) groups excluding carboxylic acids is 1. The van der Waals surface area contributed by atoms with Crippen LogP contribution in [-0.4, -0.2) is 27.3 Å². The van der Waals surface area contributed by atoms with E-state index in [-0.39, 0.29) is 6.01 Å². The van der Waals surface area contributed by atoms with Crippen LogP contribution in [0.4, 0.5) is 5.69 Å². The van der Waals surface area contributed by atoms with Crippen molar-refractivity contribution in [1.82, 2.24) is 14.8 Å². The van der Waals surface area contributed by atoms with Crippen molar-refractivity contribution < 1.29 is 13.9 Å². The summed E-state index contributed by atoms with van der Waals surface area (Å²) in [5.74, 6) is -0.431. The number of hydrogen-bond acceptors (Lipinski definition) is 6. The summed E-state index contributed by atoms with van der Waals surface area (Å²) in [7, 11) is 0. The fourth-order valence-corrected chi connectivity index (χ4v) is 1.77. The van der Waals surface area contributed by atoms with Gasteiger partial charge in [0, 0.05) is 11.8 Å². The fourth-order valence-electron chi connectivity index (χ4n) is 1.77. The predicted molar refractivity (Wildman–Crippen MR) is 71.5 cm³/mol. The average molecular weight is 272 g/mol. The van der Waals surface area contributed by atoms with Crippen molar-refractivity contribution in [3.8, 4) is 6.01 Å². The molecule has 3 aromatic rings. The van der Waals surface area contributed by atoms with Gasteiger partial charge in [-0.3, -0.25) is 0 Å². The number of anilines is 1. The van der Waals surface area contributed by atoms with E-state index in [1.807, 2.05) is 0 Å². The zero-order valence-electron chi connectivity index (χ0n) is 10.7. The van der Waals surface area contributed by atoms with Crippen LogP contribution < -0.4 is 5.73 Å². The molecule has 0 aliphatic carbocycles. The third-order valence-corrected chi connectivity index (χ3v) is 2.69. The summed E-state index contributed by atoms with van der Waals surface area (Å²) in [6, 6.07) is 5.44. The molecule has 0 atom stereocenters. The molecular weight excluding hydrogens is 260 g/mol. The highest BCUT2D eigenvalue weighted by Gasteiger charge is 2.13. The van der Waals surface area contributed by atoms with Crippen LogP contribution in [0.3, 0.4) is 0 Å². The Bertz CT molecular complexity index is 775. The smallest absolute Gasteiger partial charge is 0.341 e. The summed E-state index contributed by atoms with van der Waals surface area (Å²) < 4.78 is 11.8. The minimum Gasteiger partial charge on any atom is -0.462 e. The molecule has 0 amide bonds. The van der Waals surface area contributed by atoms with E-state index in [2.05, 4.69) is 10.1 Å². The number of esters is 1. The Morgan fingerprint density at radius 3 is 3.15 bits per heavy atom. The topological polar surface area (TPSA) is 96.2 Å². The third-order valence-electron chi connectivity index (χ3n) is 2.69. The second-order valence-electron chi connectivity index (χ2n) is 4.12. The Labute approximate surface area is 114 Å². The monoisotopic (exact) mass is 272 g/mol. The van der Waals surface area contributed by atoms with Crippen LogP contribution in [0, 0.1) is 0 Å². The van der Waals surface area contributed by atoms with Gasteiger partial charge in [0.25, 0.3) is 0 Å². The standard InChI is InChI=1S/C13H12N4O3/c1-2-19-12(18)8-6-15-17(7-8)13-16-10-4-3-9(14)5-11(10)20-13/h3-7H,2,14H2,1H3. The van der Waals surface area contributed by atoms with Gasteiger partial charge in [0.2, 0.25) is 0 Å². The van der Waals surface area contributed by atoms with E-state index in [0.717, 1.165) is 0 Å². The molecule has 20 heavy (non-hydrogen) atoms. The highest BCUT2D eigenvalue weighted by Crippen LogP contribution is 2.20. The van der Waals surface area contributed by atoms with Crippen molar-refractivity contribution >= 4 is 22.8 Å². The molecule has 0 aliphatic rings. The first-order valence-electron chi connectivity index (χ1n) is 6.05. The Balaban J connectivity index is 1.96. The Morgan fingerprint density at radius 1 is 1.50 bits per heavy atom. The number of aromatic nitrogens is 3. The lowest BCUT2D eigenvalue weighted by Gasteiger charge is -1.96. The SMILES string of the molecule is CCOC(=O)c1cnn(-c2nc3ccc(N)cc3o2)c1. The highest BCUT2D eigenvalue weighted by atomic mass is 16.5. The van der Waals surface area contributed by atoms with Crippen LogP contribution in [0.5, 0.6) is 0 Å². The summed E-state index contributed by atoms with van der Waals surface area (Å²) in [6.07, 6.45) is 2.91. The number of fused-ring (bicyclic) bond motifs is 1. The fraction of sp³-hybridized carbons (Fsp3) is 0.154. The summed E-state index contributed by atoms with van der Waals surface area (Å²) in [6.45, 7) is 2.06. The van der Waals surface area contributed by atoms with Crippen molar-refractivity contribution in [2.45, 2.75) is 6.92 Å². The molecule has 2 aromatic heterocycles. The molecule has 0 saturated heterocycles. The van der Waals surface area contributed by atoms with Gasteiger partial charge in [-0.2, -0.15) is 14.8 Å². The summed E-state index contributed by atoms with van der Waals surface area (Å²) in [4.78, 5) is 15.8. The van der Waals surface area contributed by atoms with E-state index in [0.29, 0.717) is 29.0 Å². The molecule has 7 nitrogen and oxygen atoms in total. The number of ether oxygens (including phenoxy) is 1. The lowest BCUT2D eigenvalue weighted by Crippen LogP contribution is -2.03. The quantitative estimate of drug-likeness (QED) is 0.576. The molecular formula is C13H12N4O3. The van der Waals surface area contributed by atoms with Gasteiger partial charge in [0.05, 0.1) is 24.6 Å². The number of oxazole rings is 1. The number of carbonyl (C=O) groups is 1. The molecule has 2 heterocycles. The summed E-state index contributed by atoms with van der Waals surface area (Å²) in [5, 5.41) is 4.04. The molecule has 3 rings (SSSR count). The van der Waals surface area contributed by atoms with E-state index in [9.17, 15) is 4.79 Å². The van der Waals surface area contributed by atoms with Crippen LogP contribution in [-0.2, 0) is 4.74 Å². The van der Waals surface area contributed by atoms with E-state index >= 15 is 0 Å². The van der Waals surface area contributed by atoms with Crippen LogP contribution in [0.25, 0.3) is 17.1 Å². The van der Waals surface area contributed by atoms with Crippen molar-refractivity contribution in [1.29, 1.82) is 0 Å². The molecule has 0 fully saturated rings. The number of nitrogens with two attached hydrogens (primary N) is 1. The third kappa shape index (κ3) is 2.09. The van der Waals surface area contributed by atoms with Crippen LogP contribution >= 0.6 is 0 Å². The first-order valence-corrected chi connectivity index (χ1v) is 6.05. The lowest BCUT2D eigenvalue weighted by atomic mass is 10.3.